The molecule has 0 aliphatic carbocycles. The molecule has 3 N–H and O–H groups in total. The van der Waals surface area contributed by atoms with Crippen LogP contribution in [0.3, 0.4) is 0 Å². The maximum Gasteiger partial charge on any atom is 0.166 e. The third-order valence-electron chi connectivity index (χ3n) is 5.96. The molecule has 5 heteroatoms. The fourth-order valence-electron chi connectivity index (χ4n) is 4.44. The highest BCUT2D eigenvalue weighted by molar-refractivity contribution is 5.72. The highest BCUT2D eigenvalue weighted by Crippen LogP contribution is 2.35. The smallest absolute Gasteiger partial charge is 0.166 e. The topological polar surface area (TPSA) is 81.5 Å². The number of carbonyl (C=O) groups excluding carboxylic acids is 2. The molecule has 0 bridgehead atoms. The van der Waals surface area contributed by atoms with Crippen LogP contribution in [0.1, 0.15) is 66.7 Å². The molecule has 3 heterocycles. The van der Waals surface area contributed by atoms with Gasteiger partial charge in [-0.3, -0.25) is 9.59 Å². The average molecular weight is 434 g/mol. The Balaban J connectivity index is 1.60. The maximum atomic E-state index is 11.3. The van der Waals surface area contributed by atoms with Crippen molar-refractivity contribution >= 4 is 12.6 Å². The molecular weight excluding hydrogens is 410 g/mol. The second-order valence-corrected chi connectivity index (χ2v) is 8.03. The summed E-state index contributed by atoms with van der Waals surface area (Å²) in [4.78, 5) is 32.7. The van der Waals surface area contributed by atoms with Gasteiger partial charge in [0, 0.05) is 22.8 Å². The van der Waals surface area contributed by atoms with Crippen LogP contribution in [0.15, 0.2) is 97.1 Å². The molecule has 0 aliphatic rings. The SMILES string of the molecule is O=Cc1ccc(C(c2ccccc2)c2ccc(C(c3ccccc3)c3ccc(C=O)[nH]3)[nH]2)[nH]1. The first-order chi connectivity index (χ1) is 16.3. The molecule has 0 saturated heterocycles. The largest absolute Gasteiger partial charge is 0.361 e. The van der Waals surface area contributed by atoms with E-state index in [-0.39, 0.29) is 11.8 Å². The van der Waals surface area contributed by atoms with Crippen LogP contribution in [0.2, 0.25) is 0 Å². The fraction of sp³-hybridized carbons (Fsp3) is 0.0714. The van der Waals surface area contributed by atoms with Crippen molar-refractivity contribution in [3.05, 3.63) is 142 Å². The molecule has 0 aliphatic heterocycles. The van der Waals surface area contributed by atoms with Crippen molar-refractivity contribution in [1.82, 2.24) is 15.0 Å². The highest BCUT2D eigenvalue weighted by atomic mass is 16.1. The highest BCUT2D eigenvalue weighted by Gasteiger charge is 2.24. The lowest BCUT2D eigenvalue weighted by Crippen LogP contribution is -2.07. The first kappa shape index (κ1) is 20.5. The predicted molar refractivity (Wildman–Crippen MR) is 128 cm³/mol. The summed E-state index contributed by atoms with van der Waals surface area (Å²) in [6.45, 7) is 0. The van der Waals surface area contributed by atoms with Crippen molar-refractivity contribution in [2.24, 2.45) is 0 Å². The van der Waals surface area contributed by atoms with Gasteiger partial charge in [-0.1, -0.05) is 60.7 Å². The number of carbonyl (C=O) groups is 2. The Morgan fingerprint density at radius 3 is 1.18 bits per heavy atom. The standard InChI is InChI=1S/C28H23N3O2/c32-17-21-11-13-23(29-21)27(19-7-3-1-4-8-19)25-15-16-26(31-25)28(20-9-5-2-6-10-20)24-14-12-22(18-33)30-24/h1-18,27-31H. The van der Waals surface area contributed by atoms with E-state index in [1.807, 2.05) is 48.5 Å². The Morgan fingerprint density at radius 2 is 0.818 bits per heavy atom. The molecule has 162 valence electrons. The summed E-state index contributed by atoms with van der Waals surface area (Å²) in [7, 11) is 0. The number of hydrogen-bond acceptors (Lipinski definition) is 2. The van der Waals surface area contributed by atoms with E-state index in [2.05, 4.69) is 51.4 Å². The number of hydrogen-bond donors (Lipinski definition) is 3. The fourth-order valence-corrected chi connectivity index (χ4v) is 4.44. The molecule has 0 saturated carbocycles. The Kier molecular flexibility index (Phi) is 5.60. The van der Waals surface area contributed by atoms with Gasteiger partial charge in [0.05, 0.1) is 23.2 Å². The lowest BCUT2D eigenvalue weighted by Gasteiger charge is -2.18. The maximum absolute atomic E-state index is 11.3. The van der Waals surface area contributed by atoms with Gasteiger partial charge in [-0.2, -0.15) is 0 Å². The predicted octanol–water partition coefficient (Wildman–Crippen LogP) is 5.66. The number of aromatic nitrogens is 3. The van der Waals surface area contributed by atoms with Crippen LogP contribution in [0.4, 0.5) is 0 Å². The molecule has 2 atom stereocenters. The van der Waals surface area contributed by atoms with Crippen LogP contribution in [0.25, 0.3) is 0 Å². The molecule has 0 radical (unpaired) electrons. The Bertz CT molecular complexity index is 1260. The zero-order valence-electron chi connectivity index (χ0n) is 17.9. The number of aldehydes is 2. The van der Waals surface area contributed by atoms with Crippen LogP contribution in [0, 0.1) is 0 Å². The molecule has 33 heavy (non-hydrogen) atoms. The van der Waals surface area contributed by atoms with E-state index < -0.39 is 0 Å². The van der Waals surface area contributed by atoms with Gasteiger partial charge in [0.15, 0.2) is 12.6 Å². The summed E-state index contributed by atoms with van der Waals surface area (Å²) >= 11 is 0. The zero-order valence-corrected chi connectivity index (χ0v) is 17.9. The van der Waals surface area contributed by atoms with Crippen LogP contribution in [-0.4, -0.2) is 27.5 Å². The van der Waals surface area contributed by atoms with Gasteiger partial charge in [0.2, 0.25) is 0 Å². The summed E-state index contributed by atoms with van der Waals surface area (Å²) in [5.41, 5.74) is 7.23. The zero-order chi connectivity index (χ0) is 22.6. The van der Waals surface area contributed by atoms with Gasteiger partial charge in [0.1, 0.15) is 0 Å². The van der Waals surface area contributed by atoms with E-state index in [1.54, 1.807) is 12.1 Å². The van der Waals surface area contributed by atoms with E-state index in [0.29, 0.717) is 11.4 Å². The molecule has 5 rings (SSSR count). The van der Waals surface area contributed by atoms with Crippen LogP contribution in [0.5, 0.6) is 0 Å². The van der Waals surface area contributed by atoms with Gasteiger partial charge >= 0.3 is 0 Å². The third kappa shape index (κ3) is 4.08. The molecule has 0 spiro atoms. The summed E-state index contributed by atoms with van der Waals surface area (Å²) in [5.74, 6) is -0.168. The normalized spacial score (nSPS) is 12.8. The van der Waals surface area contributed by atoms with E-state index >= 15 is 0 Å². The summed E-state index contributed by atoms with van der Waals surface area (Å²) in [6, 6.07) is 32.1. The van der Waals surface area contributed by atoms with E-state index in [4.69, 9.17) is 0 Å². The number of benzene rings is 2. The van der Waals surface area contributed by atoms with Gasteiger partial charge in [-0.05, 0) is 47.5 Å². The van der Waals surface area contributed by atoms with E-state index in [1.165, 1.54) is 0 Å². The Hall–Kier alpha value is -4.38. The minimum atomic E-state index is -0.0840. The quantitative estimate of drug-likeness (QED) is 0.276. The second-order valence-electron chi connectivity index (χ2n) is 8.03. The lowest BCUT2D eigenvalue weighted by molar-refractivity contribution is 0.111. The minimum absolute atomic E-state index is 0.0840. The average Bonchev–Trinajstić information content (AvgIpc) is 3.63. The van der Waals surface area contributed by atoms with Crippen molar-refractivity contribution in [3.63, 3.8) is 0 Å². The van der Waals surface area contributed by atoms with Crippen molar-refractivity contribution in [2.75, 3.05) is 0 Å². The third-order valence-corrected chi connectivity index (χ3v) is 5.96. The van der Waals surface area contributed by atoms with Crippen LogP contribution < -0.4 is 0 Å². The van der Waals surface area contributed by atoms with Crippen LogP contribution in [-0.2, 0) is 0 Å². The molecule has 2 unspecified atom stereocenters. The Morgan fingerprint density at radius 1 is 0.455 bits per heavy atom. The Labute approximate surface area is 191 Å². The number of nitrogens with one attached hydrogen (secondary N) is 3. The molecule has 5 nitrogen and oxygen atoms in total. The first-order valence-electron chi connectivity index (χ1n) is 10.8. The monoisotopic (exact) mass is 433 g/mol. The first-order valence-corrected chi connectivity index (χ1v) is 10.8. The van der Waals surface area contributed by atoms with Gasteiger partial charge in [-0.25, -0.2) is 0 Å². The van der Waals surface area contributed by atoms with Crippen molar-refractivity contribution in [1.29, 1.82) is 0 Å². The lowest BCUT2D eigenvalue weighted by atomic mass is 9.92. The second kappa shape index (κ2) is 9.01. The molecule has 0 fully saturated rings. The van der Waals surface area contributed by atoms with Crippen molar-refractivity contribution < 1.29 is 9.59 Å². The number of H-pyrrole nitrogens is 3. The van der Waals surface area contributed by atoms with Crippen molar-refractivity contribution in [3.8, 4) is 0 Å². The van der Waals surface area contributed by atoms with Gasteiger partial charge in [0.25, 0.3) is 0 Å². The minimum Gasteiger partial charge on any atom is -0.361 e. The van der Waals surface area contributed by atoms with Gasteiger partial charge < -0.3 is 15.0 Å². The van der Waals surface area contributed by atoms with Crippen molar-refractivity contribution in [2.45, 2.75) is 11.8 Å². The molecule has 3 aromatic heterocycles. The number of rotatable bonds is 8. The summed E-state index contributed by atoms with van der Waals surface area (Å²) in [5, 5.41) is 0. The van der Waals surface area contributed by atoms with Crippen LogP contribution >= 0.6 is 0 Å². The summed E-state index contributed by atoms with van der Waals surface area (Å²) < 4.78 is 0. The van der Waals surface area contributed by atoms with Gasteiger partial charge in [-0.15, -0.1) is 0 Å². The van der Waals surface area contributed by atoms with E-state index in [9.17, 15) is 9.59 Å². The number of aromatic amines is 3. The molecule has 2 aromatic carbocycles. The molecule has 0 amide bonds. The molecule has 5 aromatic rings. The van der Waals surface area contributed by atoms with E-state index in [0.717, 1.165) is 46.5 Å². The summed E-state index contributed by atoms with van der Waals surface area (Å²) in [6.07, 6.45) is 1.65. The molecular formula is C28H23N3O2.